The van der Waals surface area contributed by atoms with E-state index < -0.39 is 17.9 Å². The summed E-state index contributed by atoms with van der Waals surface area (Å²) in [5.41, 5.74) is 6.50. The van der Waals surface area contributed by atoms with Crippen molar-refractivity contribution >= 4 is 27.7 Å². The van der Waals surface area contributed by atoms with Crippen molar-refractivity contribution in [1.82, 2.24) is 15.5 Å². The third-order valence-corrected chi connectivity index (χ3v) is 3.35. The van der Waals surface area contributed by atoms with Crippen LogP contribution in [0.4, 0.5) is 0 Å². The predicted molar refractivity (Wildman–Crippen MR) is 76.9 cm³/mol. The van der Waals surface area contributed by atoms with Gasteiger partial charge in [-0.25, -0.2) is 0 Å². The van der Waals surface area contributed by atoms with E-state index in [1.807, 2.05) is 30.3 Å². The van der Waals surface area contributed by atoms with Crippen molar-refractivity contribution in [3.63, 3.8) is 0 Å². The highest BCUT2D eigenvalue weighted by Gasteiger charge is 2.21. The van der Waals surface area contributed by atoms with Crippen molar-refractivity contribution < 1.29 is 9.59 Å². The van der Waals surface area contributed by atoms with E-state index >= 15 is 0 Å². The number of carbonyl (C=O) groups excluding carboxylic acids is 2. The third-order valence-electron chi connectivity index (χ3n) is 2.75. The molecule has 0 fully saturated rings. The number of hydrogen-bond donors (Lipinski definition) is 3. The molecule has 0 aliphatic carbocycles. The van der Waals surface area contributed by atoms with Crippen LogP contribution >= 0.6 is 15.9 Å². The Hall–Kier alpha value is -2.15. The zero-order valence-corrected chi connectivity index (χ0v) is 12.1. The highest BCUT2D eigenvalue weighted by molar-refractivity contribution is 9.10. The van der Waals surface area contributed by atoms with E-state index in [1.54, 1.807) is 0 Å². The summed E-state index contributed by atoms with van der Waals surface area (Å²) in [7, 11) is 0. The molecule has 2 rings (SSSR count). The number of nitrogens with two attached hydrogens (primary N) is 1. The van der Waals surface area contributed by atoms with Crippen LogP contribution in [0.3, 0.4) is 0 Å². The summed E-state index contributed by atoms with van der Waals surface area (Å²) < 4.78 is 0.526. The Morgan fingerprint density at radius 2 is 2.05 bits per heavy atom. The summed E-state index contributed by atoms with van der Waals surface area (Å²) in [6.07, 6.45) is 1.80. The average molecular weight is 337 g/mol. The predicted octanol–water partition coefficient (Wildman–Crippen LogP) is 0.999. The number of hydrogen-bond acceptors (Lipinski definition) is 3. The molecule has 0 saturated heterocycles. The largest absolute Gasteiger partial charge is 0.368 e. The van der Waals surface area contributed by atoms with Crippen LogP contribution < -0.4 is 11.1 Å². The van der Waals surface area contributed by atoms with Crippen LogP contribution in [0.5, 0.6) is 0 Å². The quantitative estimate of drug-likeness (QED) is 0.759. The number of amides is 2. The Morgan fingerprint density at radius 3 is 2.60 bits per heavy atom. The van der Waals surface area contributed by atoms with E-state index in [2.05, 4.69) is 31.4 Å². The van der Waals surface area contributed by atoms with Crippen LogP contribution in [0.1, 0.15) is 16.1 Å². The zero-order valence-electron chi connectivity index (χ0n) is 10.5. The van der Waals surface area contributed by atoms with Crippen molar-refractivity contribution in [2.45, 2.75) is 12.5 Å². The lowest BCUT2D eigenvalue weighted by molar-refractivity contribution is -0.119. The summed E-state index contributed by atoms with van der Waals surface area (Å²) in [5, 5.41) is 8.88. The normalized spacial score (nSPS) is 11.8. The number of nitrogens with zero attached hydrogens (tertiary/aromatic N) is 1. The summed E-state index contributed by atoms with van der Waals surface area (Å²) >= 11 is 3.19. The van der Waals surface area contributed by atoms with E-state index in [0.29, 0.717) is 10.9 Å². The first-order valence-electron chi connectivity index (χ1n) is 5.91. The van der Waals surface area contributed by atoms with Gasteiger partial charge in [-0.1, -0.05) is 30.3 Å². The van der Waals surface area contributed by atoms with E-state index in [0.717, 1.165) is 5.56 Å². The molecule has 1 heterocycles. The number of carbonyl (C=O) groups is 2. The van der Waals surface area contributed by atoms with E-state index in [9.17, 15) is 9.59 Å². The average Bonchev–Trinajstić information content (AvgIpc) is 2.85. The molecule has 20 heavy (non-hydrogen) atoms. The van der Waals surface area contributed by atoms with Crippen molar-refractivity contribution in [2.75, 3.05) is 0 Å². The van der Waals surface area contributed by atoms with Crippen molar-refractivity contribution in [3.05, 3.63) is 52.3 Å². The molecule has 0 saturated carbocycles. The lowest BCUT2D eigenvalue weighted by Crippen LogP contribution is -2.46. The molecule has 0 aliphatic heterocycles. The molecule has 7 heteroatoms. The number of rotatable bonds is 5. The molecule has 2 aromatic rings. The summed E-state index contributed by atoms with van der Waals surface area (Å²) in [6.45, 7) is 0. The minimum absolute atomic E-state index is 0.254. The molecule has 104 valence electrons. The first kappa shape index (κ1) is 14.3. The molecule has 0 unspecified atom stereocenters. The maximum absolute atomic E-state index is 12.0. The lowest BCUT2D eigenvalue weighted by Gasteiger charge is -2.15. The van der Waals surface area contributed by atoms with Gasteiger partial charge in [0.1, 0.15) is 11.7 Å². The molecule has 0 aliphatic rings. The Bertz CT molecular complexity index is 612. The maximum Gasteiger partial charge on any atom is 0.271 e. The van der Waals surface area contributed by atoms with Gasteiger partial charge in [0.2, 0.25) is 5.91 Å². The van der Waals surface area contributed by atoms with Gasteiger partial charge in [-0.15, -0.1) is 0 Å². The number of halogens is 1. The summed E-state index contributed by atoms with van der Waals surface area (Å²) in [6, 6.07) is 8.56. The van der Waals surface area contributed by atoms with Crippen LogP contribution in [0.25, 0.3) is 0 Å². The van der Waals surface area contributed by atoms with Gasteiger partial charge in [0.15, 0.2) is 0 Å². The smallest absolute Gasteiger partial charge is 0.271 e. The standard InChI is InChI=1S/C13H13BrN4O2/c14-9-7-16-18-11(9)13(20)17-10(12(15)19)6-8-4-2-1-3-5-8/h1-5,7,10H,6H2,(H2,15,19)(H,16,18)(H,17,20)/t10-/m1/s1. The van der Waals surface area contributed by atoms with Crippen LogP contribution in [-0.4, -0.2) is 28.1 Å². The molecule has 0 spiro atoms. The van der Waals surface area contributed by atoms with Crippen LogP contribution in [0.2, 0.25) is 0 Å². The van der Waals surface area contributed by atoms with Gasteiger partial charge in [0.25, 0.3) is 5.91 Å². The van der Waals surface area contributed by atoms with Gasteiger partial charge < -0.3 is 11.1 Å². The molecular formula is C13H13BrN4O2. The van der Waals surface area contributed by atoms with Crippen LogP contribution in [0, 0.1) is 0 Å². The van der Waals surface area contributed by atoms with Crippen molar-refractivity contribution in [1.29, 1.82) is 0 Å². The van der Waals surface area contributed by atoms with Gasteiger partial charge in [-0.05, 0) is 21.5 Å². The minimum Gasteiger partial charge on any atom is -0.368 e. The van der Waals surface area contributed by atoms with Crippen molar-refractivity contribution in [3.8, 4) is 0 Å². The van der Waals surface area contributed by atoms with Gasteiger partial charge in [-0.3, -0.25) is 14.7 Å². The van der Waals surface area contributed by atoms with E-state index in [4.69, 9.17) is 5.73 Å². The Morgan fingerprint density at radius 1 is 1.35 bits per heavy atom. The van der Waals surface area contributed by atoms with Crippen LogP contribution in [-0.2, 0) is 11.2 Å². The Kier molecular flexibility index (Phi) is 4.52. The fraction of sp³-hybridized carbons (Fsp3) is 0.154. The first-order chi connectivity index (χ1) is 9.58. The van der Waals surface area contributed by atoms with E-state index in [-0.39, 0.29) is 5.69 Å². The third kappa shape index (κ3) is 3.45. The lowest BCUT2D eigenvalue weighted by atomic mass is 10.1. The number of primary amides is 1. The molecular weight excluding hydrogens is 324 g/mol. The SMILES string of the molecule is NC(=O)[C@@H](Cc1ccccc1)NC(=O)c1[nH]ncc1Br. The zero-order chi connectivity index (χ0) is 14.5. The molecule has 0 bridgehead atoms. The van der Waals surface area contributed by atoms with Crippen molar-refractivity contribution in [2.24, 2.45) is 5.73 Å². The van der Waals surface area contributed by atoms with Gasteiger partial charge in [0.05, 0.1) is 10.7 Å². The Balaban J connectivity index is 2.09. The second kappa shape index (κ2) is 6.33. The van der Waals surface area contributed by atoms with Gasteiger partial charge in [0, 0.05) is 6.42 Å². The second-order valence-corrected chi connectivity index (χ2v) is 5.07. The van der Waals surface area contributed by atoms with E-state index in [1.165, 1.54) is 6.20 Å². The van der Waals surface area contributed by atoms with Crippen LogP contribution in [0.15, 0.2) is 41.0 Å². The monoisotopic (exact) mass is 336 g/mol. The number of aromatic nitrogens is 2. The Labute approximate surface area is 123 Å². The number of aromatic amines is 1. The molecule has 1 aromatic heterocycles. The number of nitrogens with one attached hydrogen (secondary N) is 2. The molecule has 4 N–H and O–H groups in total. The maximum atomic E-state index is 12.0. The molecule has 0 radical (unpaired) electrons. The highest BCUT2D eigenvalue weighted by Crippen LogP contribution is 2.13. The fourth-order valence-corrected chi connectivity index (χ4v) is 2.10. The first-order valence-corrected chi connectivity index (χ1v) is 6.70. The molecule has 1 atom stereocenters. The van der Waals surface area contributed by atoms with Gasteiger partial charge >= 0.3 is 0 Å². The second-order valence-electron chi connectivity index (χ2n) is 4.21. The molecule has 6 nitrogen and oxygen atoms in total. The molecule has 1 aromatic carbocycles. The fourth-order valence-electron chi connectivity index (χ4n) is 1.73. The number of H-pyrrole nitrogens is 1. The number of benzene rings is 1. The summed E-state index contributed by atoms with van der Waals surface area (Å²) in [5.74, 6) is -1.02. The molecule has 2 amide bonds. The highest BCUT2D eigenvalue weighted by atomic mass is 79.9. The topological polar surface area (TPSA) is 101 Å². The van der Waals surface area contributed by atoms with Gasteiger partial charge in [-0.2, -0.15) is 5.10 Å². The minimum atomic E-state index is -0.778. The summed E-state index contributed by atoms with van der Waals surface area (Å²) in [4.78, 5) is 23.5.